The second-order valence-electron chi connectivity index (χ2n) is 4.82. The molecule has 0 aliphatic heterocycles. The minimum absolute atomic E-state index is 0.254. The number of aliphatic hydroxyl groups is 1. The summed E-state index contributed by atoms with van der Waals surface area (Å²) in [4.78, 5) is 3.99. The number of ether oxygens (including phenoxy) is 1. The van der Waals surface area contributed by atoms with Gasteiger partial charge in [0.1, 0.15) is 12.4 Å². The molecule has 0 saturated carbocycles. The lowest BCUT2D eigenvalue weighted by atomic mass is 10.3. The van der Waals surface area contributed by atoms with Crippen molar-refractivity contribution in [1.82, 2.24) is 14.9 Å². The lowest BCUT2D eigenvalue weighted by molar-refractivity contribution is 0.0215. The molecule has 2 N–H and O–H groups in total. The molecule has 0 saturated heterocycles. The zero-order valence-electron chi connectivity index (χ0n) is 11.6. The highest BCUT2D eigenvalue weighted by Crippen LogP contribution is 2.02. The summed E-state index contributed by atoms with van der Waals surface area (Å²) in [5.74, 6) is 0.763. The summed E-state index contributed by atoms with van der Waals surface area (Å²) in [6.45, 7) is 4.05. The van der Waals surface area contributed by atoms with Crippen molar-refractivity contribution in [3.63, 3.8) is 0 Å². The Hall–Kier alpha value is -1.63. The normalized spacial score (nSPS) is 14.3. The third-order valence-electron chi connectivity index (χ3n) is 2.88. The van der Waals surface area contributed by atoms with Crippen molar-refractivity contribution in [3.8, 4) is 0 Å². The highest BCUT2D eigenvalue weighted by atomic mass is 16.5. The van der Waals surface area contributed by atoms with Crippen molar-refractivity contribution in [1.29, 1.82) is 0 Å². The summed E-state index contributed by atoms with van der Waals surface area (Å²) < 4.78 is 12.5. The van der Waals surface area contributed by atoms with Crippen LogP contribution in [0.15, 0.2) is 41.5 Å². The van der Waals surface area contributed by atoms with E-state index in [-0.39, 0.29) is 12.6 Å². The molecule has 2 atom stereocenters. The molecule has 0 bridgehead atoms. The second-order valence-corrected chi connectivity index (χ2v) is 4.82. The van der Waals surface area contributed by atoms with Gasteiger partial charge in [-0.15, -0.1) is 0 Å². The van der Waals surface area contributed by atoms with Crippen molar-refractivity contribution < 1.29 is 14.3 Å². The van der Waals surface area contributed by atoms with Gasteiger partial charge < -0.3 is 24.1 Å². The van der Waals surface area contributed by atoms with E-state index in [0.29, 0.717) is 13.2 Å². The van der Waals surface area contributed by atoms with Gasteiger partial charge in [-0.25, -0.2) is 4.98 Å². The van der Waals surface area contributed by atoms with Crippen LogP contribution in [0.1, 0.15) is 12.7 Å². The lowest BCUT2D eigenvalue weighted by Crippen LogP contribution is -2.37. The Morgan fingerprint density at radius 3 is 3.15 bits per heavy atom. The molecule has 6 nitrogen and oxygen atoms in total. The largest absolute Gasteiger partial charge is 0.467 e. The van der Waals surface area contributed by atoms with Crippen molar-refractivity contribution in [2.45, 2.75) is 32.2 Å². The smallest absolute Gasteiger partial charge is 0.129 e. The number of aliphatic hydroxyl groups excluding tert-OH is 1. The highest BCUT2D eigenvalue weighted by Gasteiger charge is 2.08. The van der Waals surface area contributed by atoms with E-state index in [2.05, 4.69) is 17.2 Å². The number of hydrogen-bond donors (Lipinski definition) is 2. The van der Waals surface area contributed by atoms with Crippen molar-refractivity contribution in [2.24, 2.45) is 0 Å². The molecular formula is C14H21N3O3. The molecule has 0 amide bonds. The Labute approximate surface area is 118 Å². The zero-order valence-corrected chi connectivity index (χ0v) is 11.6. The first-order chi connectivity index (χ1) is 9.74. The molecule has 20 heavy (non-hydrogen) atoms. The number of imidazole rings is 1. The van der Waals surface area contributed by atoms with Crippen molar-refractivity contribution in [2.75, 3.05) is 13.2 Å². The molecular weight excluding hydrogens is 258 g/mol. The minimum Gasteiger partial charge on any atom is -0.467 e. The molecule has 6 heteroatoms. The van der Waals surface area contributed by atoms with E-state index in [9.17, 15) is 5.11 Å². The number of nitrogens with zero attached hydrogens (tertiary/aromatic N) is 2. The van der Waals surface area contributed by atoms with Gasteiger partial charge in [-0.2, -0.15) is 0 Å². The van der Waals surface area contributed by atoms with Gasteiger partial charge in [0.05, 0.1) is 25.3 Å². The van der Waals surface area contributed by atoms with Gasteiger partial charge in [-0.1, -0.05) is 0 Å². The van der Waals surface area contributed by atoms with E-state index >= 15 is 0 Å². The van der Waals surface area contributed by atoms with Crippen LogP contribution >= 0.6 is 0 Å². The highest BCUT2D eigenvalue weighted by molar-refractivity contribution is 4.96. The summed E-state index contributed by atoms with van der Waals surface area (Å²) in [5.41, 5.74) is 0. The molecule has 0 aliphatic carbocycles. The Balaban J connectivity index is 1.56. The molecule has 2 aromatic rings. The number of rotatable bonds is 9. The fraction of sp³-hybridized carbons (Fsp3) is 0.500. The van der Waals surface area contributed by atoms with Crippen LogP contribution in [0.5, 0.6) is 0 Å². The van der Waals surface area contributed by atoms with E-state index in [0.717, 1.165) is 12.3 Å². The van der Waals surface area contributed by atoms with Crippen LogP contribution in [0, 0.1) is 0 Å². The van der Waals surface area contributed by atoms with Crippen LogP contribution in [0.25, 0.3) is 0 Å². The second kappa shape index (κ2) is 7.84. The number of nitrogens with one attached hydrogen (secondary N) is 1. The molecule has 2 rings (SSSR count). The summed E-state index contributed by atoms with van der Waals surface area (Å²) >= 11 is 0. The maximum absolute atomic E-state index is 9.82. The monoisotopic (exact) mass is 279 g/mol. The Bertz CT molecular complexity index is 456. The fourth-order valence-corrected chi connectivity index (χ4v) is 1.86. The summed E-state index contributed by atoms with van der Waals surface area (Å²) in [6.07, 6.45) is 6.52. The van der Waals surface area contributed by atoms with Gasteiger partial charge in [-0.3, -0.25) is 0 Å². The summed E-state index contributed by atoms with van der Waals surface area (Å²) in [6, 6.07) is 3.91. The van der Waals surface area contributed by atoms with E-state index in [4.69, 9.17) is 9.15 Å². The molecule has 0 aliphatic rings. The fourth-order valence-electron chi connectivity index (χ4n) is 1.86. The van der Waals surface area contributed by atoms with E-state index in [1.165, 1.54) is 0 Å². The van der Waals surface area contributed by atoms with Crippen LogP contribution in [0.3, 0.4) is 0 Å². The van der Waals surface area contributed by atoms with Crippen LogP contribution in [0.4, 0.5) is 0 Å². The quantitative estimate of drug-likeness (QED) is 0.717. The summed E-state index contributed by atoms with van der Waals surface area (Å²) in [7, 11) is 0. The number of furan rings is 1. The van der Waals surface area contributed by atoms with Gasteiger partial charge in [0.25, 0.3) is 0 Å². The molecule has 0 spiro atoms. The van der Waals surface area contributed by atoms with Gasteiger partial charge in [0, 0.05) is 31.5 Å². The van der Waals surface area contributed by atoms with E-state index in [1.54, 1.807) is 18.8 Å². The maximum Gasteiger partial charge on any atom is 0.129 e. The number of aromatic nitrogens is 2. The average molecular weight is 279 g/mol. The first kappa shape index (κ1) is 14.8. The molecule has 0 fully saturated rings. The predicted molar refractivity (Wildman–Crippen MR) is 74.1 cm³/mol. The average Bonchev–Trinajstić information content (AvgIpc) is 3.09. The molecule has 2 aromatic heterocycles. The zero-order chi connectivity index (χ0) is 14.2. The standard InChI is InChI=1S/C14H21N3O3/c1-12(8-17-5-4-15-11-17)16-7-13(18)9-19-10-14-3-2-6-20-14/h2-6,11-13,16,18H,7-10H2,1H3. The van der Waals surface area contributed by atoms with Crippen molar-refractivity contribution >= 4 is 0 Å². The van der Waals surface area contributed by atoms with Gasteiger partial charge in [-0.05, 0) is 19.1 Å². The Morgan fingerprint density at radius 2 is 2.45 bits per heavy atom. The minimum atomic E-state index is -0.532. The van der Waals surface area contributed by atoms with E-state index < -0.39 is 6.10 Å². The third-order valence-corrected chi connectivity index (χ3v) is 2.88. The topological polar surface area (TPSA) is 72.5 Å². The van der Waals surface area contributed by atoms with Crippen LogP contribution in [0.2, 0.25) is 0 Å². The summed E-state index contributed by atoms with van der Waals surface area (Å²) in [5, 5.41) is 13.1. The van der Waals surface area contributed by atoms with Crippen LogP contribution < -0.4 is 5.32 Å². The van der Waals surface area contributed by atoms with Gasteiger partial charge in [0.15, 0.2) is 0 Å². The molecule has 0 radical (unpaired) electrons. The molecule has 2 unspecified atom stereocenters. The molecule has 2 heterocycles. The lowest BCUT2D eigenvalue weighted by Gasteiger charge is -2.17. The van der Waals surface area contributed by atoms with E-state index in [1.807, 2.05) is 22.9 Å². The third kappa shape index (κ3) is 5.16. The Morgan fingerprint density at radius 1 is 1.55 bits per heavy atom. The SMILES string of the molecule is CC(Cn1ccnc1)NCC(O)COCc1ccco1. The molecule has 110 valence electrons. The molecule has 0 aromatic carbocycles. The van der Waals surface area contributed by atoms with Crippen molar-refractivity contribution in [3.05, 3.63) is 42.9 Å². The van der Waals surface area contributed by atoms with Gasteiger partial charge in [0.2, 0.25) is 0 Å². The van der Waals surface area contributed by atoms with Crippen LogP contribution in [-0.2, 0) is 17.9 Å². The Kier molecular flexibility index (Phi) is 5.79. The maximum atomic E-state index is 9.82. The predicted octanol–water partition coefficient (Wildman–Crippen LogP) is 1.03. The first-order valence-electron chi connectivity index (χ1n) is 6.71. The van der Waals surface area contributed by atoms with Gasteiger partial charge >= 0.3 is 0 Å². The van der Waals surface area contributed by atoms with Crippen LogP contribution in [-0.4, -0.2) is 40.0 Å². The number of hydrogen-bond acceptors (Lipinski definition) is 5. The first-order valence-corrected chi connectivity index (χ1v) is 6.71.